The monoisotopic (exact) mass is 258 g/mol. The molecule has 1 rings (SSSR count). The molecule has 1 amide bonds. The molecular formula is C13H26N2OS. The number of amides is 1. The first-order valence-corrected chi connectivity index (χ1v) is 8.01. The fraction of sp³-hybridized carbons (Fsp3) is 0.923. The van der Waals surface area contributed by atoms with Crippen LogP contribution in [0.4, 0.5) is 0 Å². The van der Waals surface area contributed by atoms with Crippen molar-refractivity contribution in [2.24, 2.45) is 17.1 Å². The van der Waals surface area contributed by atoms with E-state index >= 15 is 0 Å². The molecule has 3 N–H and O–H groups in total. The van der Waals surface area contributed by atoms with Crippen molar-refractivity contribution in [1.82, 2.24) is 5.32 Å². The molecule has 1 saturated carbocycles. The topological polar surface area (TPSA) is 55.1 Å². The zero-order valence-corrected chi connectivity index (χ0v) is 11.9. The maximum atomic E-state index is 12.3. The third-order valence-electron chi connectivity index (χ3n) is 3.75. The normalized spacial score (nSPS) is 20.9. The van der Waals surface area contributed by atoms with Gasteiger partial charge in [-0.2, -0.15) is 11.8 Å². The molecule has 1 unspecified atom stereocenters. The number of nitrogens with one attached hydrogen (secondary N) is 1. The first-order valence-electron chi connectivity index (χ1n) is 6.62. The zero-order valence-electron chi connectivity index (χ0n) is 11.1. The van der Waals surface area contributed by atoms with Crippen LogP contribution in [0.2, 0.25) is 0 Å². The molecule has 100 valence electrons. The van der Waals surface area contributed by atoms with Crippen LogP contribution in [-0.4, -0.2) is 31.0 Å². The van der Waals surface area contributed by atoms with E-state index < -0.39 is 0 Å². The van der Waals surface area contributed by atoms with Crippen molar-refractivity contribution < 1.29 is 4.79 Å². The molecule has 1 atom stereocenters. The van der Waals surface area contributed by atoms with Gasteiger partial charge in [0.15, 0.2) is 0 Å². The van der Waals surface area contributed by atoms with Gasteiger partial charge in [0.05, 0.1) is 5.41 Å². The van der Waals surface area contributed by atoms with Crippen LogP contribution in [0, 0.1) is 11.3 Å². The molecule has 0 aromatic carbocycles. The van der Waals surface area contributed by atoms with Crippen molar-refractivity contribution in [3.05, 3.63) is 0 Å². The quantitative estimate of drug-likeness (QED) is 0.766. The fourth-order valence-corrected chi connectivity index (χ4v) is 3.24. The van der Waals surface area contributed by atoms with Crippen molar-refractivity contribution >= 4 is 17.7 Å². The van der Waals surface area contributed by atoms with Crippen LogP contribution in [-0.2, 0) is 4.79 Å². The van der Waals surface area contributed by atoms with Gasteiger partial charge in [0, 0.05) is 13.1 Å². The van der Waals surface area contributed by atoms with Gasteiger partial charge in [0.1, 0.15) is 0 Å². The van der Waals surface area contributed by atoms with E-state index in [9.17, 15) is 4.79 Å². The summed E-state index contributed by atoms with van der Waals surface area (Å²) < 4.78 is 0. The fourth-order valence-electron chi connectivity index (χ4n) is 2.55. The molecule has 17 heavy (non-hydrogen) atoms. The summed E-state index contributed by atoms with van der Waals surface area (Å²) in [6, 6.07) is 0. The van der Waals surface area contributed by atoms with Gasteiger partial charge in [0.25, 0.3) is 0 Å². The van der Waals surface area contributed by atoms with Crippen LogP contribution in [0.15, 0.2) is 0 Å². The lowest BCUT2D eigenvalue weighted by molar-refractivity contribution is -0.132. The van der Waals surface area contributed by atoms with E-state index in [-0.39, 0.29) is 11.3 Å². The average Bonchev–Trinajstić information content (AvgIpc) is 2.37. The first kappa shape index (κ1) is 14.8. The number of nitrogens with two attached hydrogens (primary N) is 1. The van der Waals surface area contributed by atoms with E-state index in [2.05, 4.69) is 18.5 Å². The lowest BCUT2D eigenvalue weighted by Crippen LogP contribution is -2.48. The molecule has 1 aliphatic rings. The van der Waals surface area contributed by atoms with Gasteiger partial charge in [-0.15, -0.1) is 0 Å². The maximum Gasteiger partial charge on any atom is 0.227 e. The van der Waals surface area contributed by atoms with Crippen molar-refractivity contribution in [1.29, 1.82) is 0 Å². The van der Waals surface area contributed by atoms with E-state index in [1.54, 1.807) is 0 Å². The summed E-state index contributed by atoms with van der Waals surface area (Å²) in [6.45, 7) is 3.45. The summed E-state index contributed by atoms with van der Waals surface area (Å²) in [4.78, 5) is 12.3. The lowest BCUT2D eigenvalue weighted by Gasteiger charge is -2.35. The molecule has 0 saturated heterocycles. The number of carbonyl (C=O) groups excluding carboxylic acids is 1. The van der Waals surface area contributed by atoms with Crippen LogP contribution in [0.5, 0.6) is 0 Å². The average molecular weight is 258 g/mol. The summed E-state index contributed by atoms with van der Waals surface area (Å²) in [6.07, 6.45) is 7.56. The molecule has 1 aliphatic carbocycles. The second-order valence-corrected chi connectivity index (χ2v) is 6.23. The molecule has 3 nitrogen and oxygen atoms in total. The van der Waals surface area contributed by atoms with Crippen molar-refractivity contribution in [2.45, 2.75) is 39.0 Å². The first-order chi connectivity index (χ1) is 8.14. The van der Waals surface area contributed by atoms with Crippen LogP contribution >= 0.6 is 11.8 Å². The van der Waals surface area contributed by atoms with Crippen molar-refractivity contribution in [3.8, 4) is 0 Å². The van der Waals surface area contributed by atoms with Crippen LogP contribution < -0.4 is 11.1 Å². The Labute approximate surface area is 109 Å². The van der Waals surface area contributed by atoms with Gasteiger partial charge < -0.3 is 11.1 Å². The van der Waals surface area contributed by atoms with Gasteiger partial charge in [-0.1, -0.05) is 26.2 Å². The summed E-state index contributed by atoms with van der Waals surface area (Å²) in [5, 5.41) is 3.10. The predicted octanol–water partition coefficient (Wildman–Crippen LogP) is 2.01. The third-order valence-corrected chi connectivity index (χ3v) is 4.65. The number of hydrogen-bond acceptors (Lipinski definition) is 3. The molecule has 0 radical (unpaired) electrons. The van der Waals surface area contributed by atoms with Crippen molar-refractivity contribution in [2.75, 3.05) is 25.1 Å². The van der Waals surface area contributed by atoms with Gasteiger partial charge >= 0.3 is 0 Å². The molecule has 0 bridgehead atoms. The Bertz CT molecular complexity index is 240. The van der Waals surface area contributed by atoms with Crippen LogP contribution in [0.25, 0.3) is 0 Å². The van der Waals surface area contributed by atoms with E-state index in [4.69, 9.17) is 5.73 Å². The number of hydrogen-bond donors (Lipinski definition) is 2. The van der Waals surface area contributed by atoms with Gasteiger partial charge in [-0.3, -0.25) is 4.79 Å². The Balaban J connectivity index is 2.43. The highest BCUT2D eigenvalue weighted by Gasteiger charge is 2.37. The second kappa shape index (κ2) is 7.27. The van der Waals surface area contributed by atoms with E-state index in [1.807, 2.05) is 11.8 Å². The van der Waals surface area contributed by atoms with Gasteiger partial charge in [-0.05, 0) is 30.8 Å². The summed E-state index contributed by atoms with van der Waals surface area (Å²) in [5.41, 5.74) is 5.57. The molecular weight excluding hydrogens is 232 g/mol. The molecule has 4 heteroatoms. The molecule has 0 spiro atoms. The van der Waals surface area contributed by atoms with Crippen LogP contribution in [0.1, 0.15) is 39.0 Å². The van der Waals surface area contributed by atoms with Crippen molar-refractivity contribution in [3.63, 3.8) is 0 Å². The van der Waals surface area contributed by atoms with E-state index in [0.29, 0.717) is 12.5 Å². The number of rotatable bonds is 6. The van der Waals surface area contributed by atoms with E-state index in [1.165, 1.54) is 6.42 Å². The Morgan fingerprint density at radius 3 is 2.59 bits per heavy atom. The molecule has 0 aliphatic heterocycles. The molecule has 1 fully saturated rings. The minimum absolute atomic E-state index is 0.188. The largest absolute Gasteiger partial charge is 0.355 e. The molecule has 0 aromatic rings. The SMILES string of the molecule is CSCC(C)CNC(=O)C1(CN)CCCCC1. The Morgan fingerprint density at radius 2 is 2.06 bits per heavy atom. The summed E-state index contributed by atoms with van der Waals surface area (Å²) in [7, 11) is 0. The highest BCUT2D eigenvalue weighted by Crippen LogP contribution is 2.35. The second-order valence-electron chi connectivity index (χ2n) is 5.32. The Kier molecular flexibility index (Phi) is 6.34. The number of carbonyl (C=O) groups is 1. The minimum Gasteiger partial charge on any atom is -0.355 e. The highest BCUT2D eigenvalue weighted by molar-refractivity contribution is 7.98. The maximum absolute atomic E-state index is 12.3. The Hall–Kier alpha value is -0.220. The van der Waals surface area contributed by atoms with Gasteiger partial charge in [-0.25, -0.2) is 0 Å². The lowest BCUT2D eigenvalue weighted by atomic mass is 9.73. The minimum atomic E-state index is -0.267. The third kappa shape index (κ3) is 4.18. The Morgan fingerprint density at radius 1 is 1.41 bits per heavy atom. The molecule has 0 heterocycles. The van der Waals surface area contributed by atoms with E-state index in [0.717, 1.165) is 38.0 Å². The predicted molar refractivity (Wildman–Crippen MR) is 75.1 cm³/mol. The summed E-state index contributed by atoms with van der Waals surface area (Å²) >= 11 is 1.83. The summed E-state index contributed by atoms with van der Waals surface area (Å²) in [5.74, 6) is 1.82. The van der Waals surface area contributed by atoms with Gasteiger partial charge in [0.2, 0.25) is 5.91 Å². The standard InChI is InChI=1S/C13H26N2OS/c1-11(9-17-2)8-15-12(16)13(10-14)6-4-3-5-7-13/h11H,3-10,14H2,1-2H3,(H,15,16). The number of thioether (sulfide) groups is 1. The smallest absolute Gasteiger partial charge is 0.227 e. The molecule has 0 aromatic heterocycles. The highest BCUT2D eigenvalue weighted by atomic mass is 32.2. The zero-order chi connectivity index (χ0) is 12.7. The van der Waals surface area contributed by atoms with Crippen LogP contribution in [0.3, 0.4) is 0 Å².